The van der Waals surface area contributed by atoms with Gasteiger partial charge in [0, 0.05) is 12.8 Å². The van der Waals surface area contributed by atoms with Gasteiger partial charge in [0.1, 0.15) is 0 Å². The average Bonchev–Trinajstić information content (AvgIpc) is 2.36. The molecule has 0 radical (unpaired) electrons. The van der Waals surface area contributed by atoms with Crippen LogP contribution in [0.25, 0.3) is 0 Å². The second-order valence-electron chi connectivity index (χ2n) is 3.65. The van der Waals surface area contributed by atoms with E-state index in [1.807, 2.05) is 0 Å². The topological polar surface area (TPSA) is 75.6 Å². The van der Waals surface area contributed by atoms with Gasteiger partial charge in [-0.15, -0.1) is 0 Å². The lowest BCUT2D eigenvalue weighted by atomic mass is 10.1. The smallest absolute Gasteiger partial charge is 0.339 e. The van der Waals surface area contributed by atoms with Gasteiger partial charge < -0.3 is 15.2 Å². The molecule has 18 heavy (non-hydrogen) atoms. The number of allylic oxidation sites excluding steroid dienone is 1. The fourth-order valence-electron chi connectivity index (χ4n) is 1.35. The Morgan fingerprint density at radius 1 is 1.33 bits per heavy atom. The van der Waals surface area contributed by atoms with Crippen molar-refractivity contribution >= 4 is 17.6 Å². The molecule has 0 aliphatic rings. The number of carbonyl (C=O) groups is 2. The number of anilines is 1. The summed E-state index contributed by atoms with van der Waals surface area (Å²) >= 11 is 0. The molecule has 0 aromatic heterocycles. The van der Waals surface area contributed by atoms with Crippen LogP contribution in [0.4, 0.5) is 5.69 Å². The van der Waals surface area contributed by atoms with Crippen molar-refractivity contribution in [1.82, 2.24) is 0 Å². The average molecular weight is 249 g/mol. The van der Waals surface area contributed by atoms with Gasteiger partial charge in [-0.3, -0.25) is 4.79 Å². The summed E-state index contributed by atoms with van der Waals surface area (Å²) in [6, 6.07) is 6.55. The van der Waals surface area contributed by atoms with Gasteiger partial charge in [0.25, 0.3) is 0 Å². The quantitative estimate of drug-likeness (QED) is 0.620. The number of hydrogen-bond donors (Lipinski definition) is 2. The number of methoxy groups -OCH3 is 1. The highest BCUT2D eigenvalue weighted by Crippen LogP contribution is 2.16. The Bertz CT molecular complexity index is 468. The maximum Gasteiger partial charge on any atom is 0.339 e. The van der Waals surface area contributed by atoms with E-state index in [9.17, 15) is 9.59 Å². The summed E-state index contributed by atoms with van der Waals surface area (Å²) in [5.41, 5.74) is 0.675. The molecule has 0 atom stereocenters. The molecule has 1 rings (SSSR count). The van der Waals surface area contributed by atoms with Crippen molar-refractivity contribution in [2.75, 3.05) is 12.4 Å². The molecular weight excluding hydrogens is 234 g/mol. The SMILES string of the molecule is C=C(O)CCC(=O)Nc1ccccc1C(=O)OC. The molecule has 0 saturated heterocycles. The fraction of sp³-hybridized carbons (Fsp3) is 0.231. The first kappa shape index (κ1) is 13.8. The number of para-hydroxylation sites is 1. The zero-order valence-corrected chi connectivity index (χ0v) is 10.1. The summed E-state index contributed by atoms with van der Waals surface area (Å²) in [6.07, 6.45) is 0.289. The van der Waals surface area contributed by atoms with E-state index in [-0.39, 0.29) is 30.1 Å². The first-order valence-corrected chi connectivity index (χ1v) is 5.38. The Kier molecular flexibility index (Phi) is 4.92. The summed E-state index contributed by atoms with van der Waals surface area (Å²) in [5, 5.41) is 11.5. The van der Waals surface area contributed by atoms with Gasteiger partial charge in [-0.2, -0.15) is 0 Å². The normalized spacial score (nSPS) is 9.61. The van der Waals surface area contributed by atoms with Crippen LogP contribution in [0.1, 0.15) is 23.2 Å². The highest BCUT2D eigenvalue weighted by atomic mass is 16.5. The summed E-state index contributed by atoms with van der Waals surface area (Å²) in [7, 11) is 1.27. The molecule has 1 aromatic carbocycles. The second kappa shape index (κ2) is 6.44. The van der Waals surface area contributed by atoms with Gasteiger partial charge >= 0.3 is 5.97 Å². The monoisotopic (exact) mass is 249 g/mol. The van der Waals surface area contributed by atoms with E-state index in [4.69, 9.17) is 5.11 Å². The lowest BCUT2D eigenvalue weighted by molar-refractivity contribution is -0.116. The predicted octanol–water partition coefficient (Wildman–Crippen LogP) is 2.26. The van der Waals surface area contributed by atoms with Crippen LogP contribution in [0.5, 0.6) is 0 Å². The van der Waals surface area contributed by atoms with E-state index >= 15 is 0 Å². The molecule has 1 amide bonds. The number of esters is 1. The number of rotatable bonds is 5. The van der Waals surface area contributed by atoms with Gasteiger partial charge in [0.05, 0.1) is 24.1 Å². The van der Waals surface area contributed by atoms with E-state index in [2.05, 4.69) is 16.6 Å². The van der Waals surface area contributed by atoms with Crippen molar-refractivity contribution < 1.29 is 19.4 Å². The van der Waals surface area contributed by atoms with Crippen LogP contribution < -0.4 is 5.32 Å². The van der Waals surface area contributed by atoms with E-state index in [0.29, 0.717) is 5.69 Å². The molecular formula is C13H15NO4. The third-order valence-electron chi connectivity index (χ3n) is 2.25. The highest BCUT2D eigenvalue weighted by Gasteiger charge is 2.12. The van der Waals surface area contributed by atoms with Gasteiger partial charge in [-0.1, -0.05) is 18.7 Å². The van der Waals surface area contributed by atoms with Crippen molar-refractivity contribution in [3.63, 3.8) is 0 Å². The molecule has 1 aromatic rings. The lowest BCUT2D eigenvalue weighted by Crippen LogP contribution is -2.15. The first-order chi connectivity index (χ1) is 8.54. The fourth-order valence-corrected chi connectivity index (χ4v) is 1.35. The van der Waals surface area contributed by atoms with E-state index in [1.54, 1.807) is 24.3 Å². The molecule has 96 valence electrons. The highest BCUT2D eigenvalue weighted by molar-refractivity contribution is 6.01. The third kappa shape index (κ3) is 3.93. The maximum atomic E-state index is 11.6. The van der Waals surface area contributed by atoms with Crippen LogP contribution >= 0.6 is 0 Å². The van der Waals surface area contributed by atoms with Crippen molar-refractivity contribution in [2.45, 2.75) is 12.8 Å². The number of benzene rings is 1. The van der Waals surface area contributed by atoms with Crippen molar-refractivity contribution in [3.8, 4) is 0 Å². The number of aliphatic hydroxyl groups is 1. The summed E-state index contributed by atoms with van der Waals surface area (Å²) in [6.45, 7) is 3.29. The molecule has 0 aliphatic heterocycles. The van der Waals surface area contributed by atoms with Gasteiger partial charge in [0.15, 0.2) is 0 Å². The largest absolute Gasteiger partial charge is 0.513 e. The summed E-state index contributed by atoms with van der Waals surface area (Å²) in [5.74, 6) is -0.870. The summed E-state index contributed by atoms with van der Waals surface area (Å²) < 4.78 is 4.61. The molecule has 0 spiro atoms. The third-order valence-corrected chi connectivity index (χ3v) is 2.25. The van der Waals surface area contributed by atoms with Crippen LogP contribution in [0, 0.1) is 0 Å². The standard InChI is InChI=1S/C13H15NO4/c1-9(15)7-8-12(16)14-11-6-4-3-5-10(11)13(17)18-2/h3-6,15H,1,7-8H2,2H3,(H,14,16). The number of carbonyl (C=O) groups excluding carboxylic acids is 2. The van der Waals surface area contributed by atoms with Crippen LogP contribution in [0.2, 0.25) is 0 Å². The molecule has 0 bridgehead atoms. The predicted molar refractivity (Wildman–Crippen MR) is 67.4 cm³/mol. The Morgan fingerprint density at radius 3 is 2.61 bits per heavy atom. The second-order valence-corrected chi connectivity index (χ2v) is 3.65. The zero-order chi connectivity index (χ0) is 13.5. The Morgan fingerprint density at radius 2 is 2.00 bits per heavy atom. The molecule has 0 fully saturated rings. The minimum atomic E-state index is -0.516. The van der Waals surface area contributed by atoms with E-state index in [0.717, 1.165) is 0 Å². The molecule has 0 heterocycles. The molecule has 5 nitrogen and oxygen atoms in total. The number of amides is 1. The van der Waals surface area contributed by atoms with Crippen LogP contribution in [-0.2, 0) is 9.53 Å². The Balaban J connectivity index is 2.75. The molecule has 5 heteroatoms. The minimum absolute atomic E-state index is 0.0496. The number of aliphatic hydroxyl groups excluding tert-OH is 1. The summed E-state index contributed by atoms with van der Waals surface area (Å²) in [4.78, 5) is 23.0. The minimum Gasteiger partial charge on any atom is -0.513 e. The van der Waals surface area contributed by atoms with Crippen LogP contribution in [0.15, 0.2) is 36.6 Å². The molecule has 0 unspecified atom stereocenters. The molecule has 0 saturated carbocycles. The Labute approximate surface area is 105 Å². The van der Waals surface area contributed by atoms with E-state index < -0.39 is 5.97 Å². The van der Waals surface area contributed by atoms with Gasteiger partial charge in [0.2, 0.25) is 5.91 Å². The van der Waals surface area contributed by atoms with Crippen LogP contribution in [0.3, 0.4) is 0 Å². The van der Waals surface area contributed by atoms with Crippen molar-refractivity contribution in [3.05, 3.63) is 42.2 Å². The van der Waals surface area contributed by atoms with Gasteiger partial charge in [-0.05, 0) is 12.1 Å². The molecule has 2 N–H and O–H groups in total. The molecule has 0 aliphatic carbocycles. The Hall–Kier alpha value is -2.30. The van der Waals surface area contributed by atoms with Crippen LogP contribution in [-0.4, -0.2) is 24.1 Å². The van der Waals surface area contributed by atoms with Crippen molar-refractivity contribution in [2.24, 2.45) is 0 Å². The number of hydrogen-bond acceptors (Lipinski definition) is 4. The zero-order valence-electron chi connectivity index (χ0n) is 10.1. The lowest BCUT2D eigenvalue weighted by Gasteiger charge is -2.09. The number of nitrogens with one attached hydrogen (secondary N) is 1. The van der Waals surface area contributed by atoms with Crippen molar-refractivity contribution in [1.29, 1.82) is 0 Å². The first-order valence-electron chi connectivity index (χ1n) is 5.38. The number of ether oxygens (including phenoxy) is 1. The maximum absolute atomic E-state index is 11.6. The van der Waals surface area contributed by atoms with Gasteiger partial charge in [-0.25, -0.2) is 4.79 Å². The van der Waals surface area contributed by atoms with E-state index in [1.165, 1.54) is 7.11 Å².